The van der Waals surface area contributed by atoms with Gasteiger partial charge in [0.1, 0.15) is 10.8 Å². The van der Waals surface area contributed by atoms with Crippen molar-refractivity contribution in [1.82, 2.24) is 15.0 Å². The molecule has 4 aromatic rings. The van der Waals surface area contributed by atoms with Crippen molar-refractivity contribution in [3.05, 3.63) is 46.8 Å². The third-order valence-electron chi connectivity index (χ3n) is 4.95. The average molecular weight is 410 g/mol. The van der Waals surface area contributed by atoms with Gasteiger partial charge >= 0.3 is 0 Å². The van der Waals surface area contributed by atoms with E-state index >= 15 is 0 Å². The molecule has 0 aliphatic carbocycles. The highest BCUT2D eigenvalue weighted by atomic mass is 32.1. The lowest BCUT2D eigenvalue weighted by Gasteiger charge is -2.13. The van der Waals surface area contributed by atoms with Crippen LogP contribution in [0.4, 0.5) is 0 Å². The molecule has 0 radical (unpaired) electrons. The maximum atomic E-state index is 10.4. The van der Waals surface area contributed by atoms with Gasteiger partial charge in [-0.25, -0.2) is 9.97 Å². The van der Waals surface area contributed by atoms with Crippen LogP contribution in [0.15, 0.2) is 24.4 Å². The van der Waals surface area contributed by atoms with Crippen LogP contribution in [0.3, 0.4) is 0 Å². The molecule has 0 aliphatic heterocycles. The number of aliphatic hydroxyl groups excluding tert-OH is 1. The Morgan fingerprint density at radius 1 is 1.10 bits per heavy atom. The number of methoxy groups -OCH3 is 2. The van der Waals surface area contributed by atoms with Gasteiger partial charge in [-0.15, -0.1) is 11.3 Å². The number of aliphatic hydroxyl groups is 1. The normalized spacial score (nSPS) is 12.6. The van der Waals surface area contributed by atoms with E-state index in [-0.39, 0.29) is 0 Å². The SMILES string of the molecule is COCc1cnc2c(-c3nc4c(C(C)O)c(C)c(OC)cc4s3)cc(C)cc2n1. The number of ether oxygens (including phenoxy) is 2. The summed E-state index contributed by atoms with van der Waals surface area (Å²) in [6, 6.07) is 6.08. The van der Waals surface area contributed by atoms with E-state index in [4.69, 9.17) is 14.5 Å². The molecule has 150 valence electrons. The van der Waals surface area contributed by atoms with Gasteiger partial charge in [-0.05, 0) is 50.1 Å². The van der Waals surface area contributed by atoms with Gasteiger partial charge in [0.25, 0.3) is 0 Å². The molecule has 2 aromatic carbocycles. The third kappa shape index (κ3) is 3.46. The fraction of sp³-hybridized carbons (Fsp3) is 0.318. The summed E-state index contributed by atoms with van der Waals surface area (Å²) in [6.07, 6.45) is 1.10. The summed E-state index contributed by atoms with van der Waals surface area (Å²) < 4.78 is 11.7. The molecule has 0 saturated carbocycles. The van der Waals surface area contributed by atoms with Gasteiger partial charge in [0, 0.05) is 18.2 Å². The first-order valence-corrected chi connectivity index (χ1v) is 10.2. The van der Waals surface area contributed by atoms with Crippen LogP contribution in [0.2, 0.25) is 0 Å². The molecule has 0 bridgehead atoms. The van der Waals surface area contributed by atoms with Crippen molar-refractivity contribution in [3.8, 4) is 16.3 Å². The topological polar surface area (TPSA) is 77.4 Å². The summed E-state index contributed by atoms with van der Waals surface area (Å²) in [5, 5.41) is 11.2. The standard InChI is InChI=1S/C22H23N3O3S/c1-11-6-15(20-16(7-11)24-14(9-23-20)10-27-4)22-25-21-18(29-22)8-17(28-5)12(2)19(21)13(3)26/h6-9,13,26H,10H2,1-5H3. The molecular formula is C22H23N3O3S. The van der Waals surface area contributed by atoms with Crippen molar-refractivity contribution in [2.75, 3.05) is 14.2 Å². The summed E-state index contributed by atoms with van der Waals surface area (Å²) in [7, 11) is 3.29. The molecular weight excluding hydrogens is 386 g/mol. The van der Waals surface area contributed by atoms with Gasteiger partial charge in [0.15, 0.2) is 0 Å². The number of hydrogen-bond acceptors (Lipinski definition) is 7. The zero-order valence-electron chi connectivity index (χ0n) is 17.1. The second-order valence-corrected chi connectivity index (χ2v) is 8.16. The number of aryl methyl sites for hydroxylation is 1. The zero-order chi connectivity index (χ0) is 20.7. The Kier molecular flexibility index (Phi) is 5.21. The minimum Gasteiger partial charge on any atom is -0.496 e. The molecule has 2 heterocycles. The van der Waals surface area contributed by atoms with E-state index in [0.717, 1.165) is 60.0 Å². The molecule has 4 rings (SSSR count). The van der Waals surface area contributed by atoms with Crippen LogP contribution in [-0.2, 0) is 11.3 Å². The van der Waals surface area contributed by atoms with E-state index in [2.05, 4.69) is 16.0 Å². The van der Waals surface area contributed by atoms with Crippen LogP contribution in [0.1, 0.15) is 35.4 Å². The number of hydrogen-bond donors (Lipinski definition) is 1. The Hall–Kier alpha value is -2.61. The highest BCUT2D eigenvalue weighted by Crippen LogP contribution is 2.40. The van der Waals surface area contributed by atoms with Crippen LogP contribution in [0.25, 0.3) is 31.8 Å². The Balaban J connectivity index is 1.97. The maximum Gasteiger partial charge on any atom is 0.126 e. The molecule has 0 aliphatic rings. The summed E-state index contributed by atoms with van der Waals surface area (Å²) in [4.78, 5) is 14.2. The predicted octanol–water partition coefficient (Wildman–Crippen LogP) is 4.73. The molecule has 0 amide bonds. The Morgan fingerprint density at radius 2 is 1.90 bits per heavy atom. The number of aromatic nitrogens is 3. The van der Waals surface area contributed by atoms with E-state index in [1.807, 2.05) is 26.0 Å². The van der Waals surface area contributed by atoms with E-state index < -0.39 is 6.10 Å². The lowest BCUT2D eigenvalue weighted by Crippen LogP contribution is -1.99. The van der Waals surface area contributed by atoms with Crippen molar-refractivity contribution in [1.29, 1.82) is 0 Å². The quantitative estimate of drug-likeness (QED) is 0.513. The highest BCUT2D eigenvalue weighted by Gasteiger charge is 2.20. The molecule has 6 nitrogen and oxygen atoms in total. The fourth-order valence-electron chi connectivity index (χ4n) is 3.68. The number of rotatable bonds is 5. The van der Waals surface area contributed by atoms with Gasteiger partial charge in [0.2, 0.25) is 0 Å². The largest absolute Gasteiger partial charge is 0.496 e. The minimum atomic E-state index is -0.645. The summed E-state index contributed by atoms with van der Waals surface area (Å²) >= 11 is 1.56. The van der Waals surface area contributed by atoms with Crippen molar-refractivity contribution < 1.29 is 14.6 Å². The second-order valence-electron chi connectivity index (χ2n) is 7.13. The zero-order valence-corrected chi connectivity index (χ0v) is 17.9. The van der Waals surface area contributed by atoms with Crippen LogP contribution in [0.5, 0.6) is 5.75 Å². The number of fused-ring (bicyclic) bond motifs is 2. The molecule has 2 aromatic heterocycles. The number of nitrogens with zero attached hydrogens (tertiary/aromatic N) is 3. The van der Waals surface area contributed by atoms with Gasteiger partial charge in [-0.3, -0.25) is 4.98 Å². The maximum absolute atomic E-state index is 10.4. The first-order valence-electron chi connectivity index (χ1n) is 9.34. The van der Waals surface area contributed by atoms with E-state index in [1.54, 1.807) is 38.7 Å². The summed E-state index contributed by atoms with van der Waals surface area (Å²) in [5.41, 5.74) is 6.94. The van der Waals surface area contributed by atoms with Crippen molar-refractivity contribution in [3.63, 3.8) is 0 Å². The van der Waals surface area contributed by atoms with Crippen molar-refractivity contribution >= 4 is 32.6 Å². The second kappa shape index (κ2) is 7.67. The Labute approximate surface area is 173 Å². The number of benzene rings is 2. The smallest absolute Gasteiger partial charge is 0.126 e. The minimum absolute atomic E-state index is 0.421. The molecule has 1 N–H and O–H groups in total. The van der Waals surface area contributed by atoms with Crippen LogP contribution < -0.4 is 4.74 Å². The lowest BCUT2D eigenvalue weighted by molar-refractivity contribution is 0.181. The van der Waals surface area contributed by atoms with E-state index in [0.29, 0.717) is 6.61 Å². The molecule has 1 atom stereocenters. The first kappa shape index (κ1) is 19.7. The first-order chi connectivity index (χ1) is 13.9. The fourth-order valence-corrected chi connectivity index (χ4v) is 4.71. The molecule has 7 heteroatoms. The molecule has 0 saturated heterocycles. The molecule has 0 spiro atoms. The van der Waals surface area contributed by atoms with Gasteiger partial charge < -0.3 is 14.6 Å². The van der Waals surface area contributed by atoms with Crippen LogP contribution in [0, 0.1) is 13.8 Å². The van der Waals surface area contributed by atoms with Crippen LogP contribution >= 0.6 is 11.3 Å². The van der Waals surface area contributed by atoms with Gasteiger partial charge in [-0.1, -0.05) is 0 Å². The number of thiazole rings is 1. The summed E-state index contributed by atoms with van der Waals surface area (Å²) in [5.74, 6) is 0.752. The van der Waals surface area contributed by atoms with Gasteiger partial charge in [0.05, 0.1) is 53.0 Å². The highest BCUT2D eigenvalue weighted by molar-refractivity contribution is 7.21. The molecule has 29 heavy (non-hydrogen) atoms. The lowest BCUT2D eigenvalue weighted by atomic mass is 10.0. The monoisotopic (exact) mass is 409 g/mol. The van der Waals surface area contributed by atoms with E-state index in [9.17, 15) is 5.11 Å². The molecule has 1 unspecified atom stereocenters. The van der Waals surface area contributed by atoms with Crippen molar-refractivity contribution in [2.24, 2.45) is 0 Å². The summed E-state index contributed by atoms with van der Waals surface area (Å²) in [6.45, 7) is 6.16. The molecule has 0 fully saturated rings. The Morgan fingerprint density at radius 3 is 2.59 bits per heavy atom. The third-order valence-corrected chi connectivity index (χ3v) is 5.98. The predicted molar refractivity (Wildman–Crippen MR) is 116 cm³/mol. The van der Waals surface area contributed by atoms with Gasteiger partial charge in [-0.2, -0.15) is 0 Å². The van der Waals surface area contributed by atoms with Crippen molar-refractivity contribution in [2.45, 2.75) is 33.5 Å². The average Bonchev–Trinajstić information content (AvgIpc) is 3.09. The Bertz CT molecular complexity index is 1220. The van der Waals surface area contributed by atoms with Crippen LogP contribution in [-0.4, -0.2) is 34.3 Å². The van der Waals surface area contributed by atoms with E-state index in [1.165, 1.54) is 0 Å².